The van der Waals surface area contributed by atoms with Gasteiger partial charge in [-0.2, -0.15) is 0 Å². The number of anilines is 1. The van der Waals surface area contributed by atoms with Gasteiger partial charge in [-0.25, -0.2) is 4.79 Å². The predicted octanol–water partition coefficient (Wildman–Crippen LogP) is 4.45. The zero-order valence-corrected chi connectivity index (χ0v) is 21.0. The fourth-order valence-corrected chi connectivity index (χ4v) is 3.48. The molecule has 0 spiro atoms. The molecule has 3 amide bonds. The zero-order chi connectivity index (χ0) is 25.5. The third kappa shape index (κ3) is 7.50. The van der Waals surface area contributed by atoms with Crippen molar-refractivity contribution in [2.75, 3.05) is 19.0 Å². The quantitative estimate of drug-likeness (QED) is 0.596. The maximum Gasteiger partial charge on any atom is 0.408 e. The Labute approximate surface area is 201 Å². The number of carbonyl (C=O) groups is 3. The molecule has 0 aliphatic carbocycles. The van der Waals surface area contributed by atoms with Crippen LogP contribution in [0.2, 0.25) is 0 Å². The van der Waals surface area contributed by atoms with Crippen molar-refractivity contribution in [1.29, 1.82) is 0 Å². The van der Waals surface area contributed by atoms with Crippen LogP contribution in [0, 0.1) is 6.92 Å². The Morgan fingerprint density at radius 3 is 2.15 bits per heavy atom. The number of rotatable bonds is 8. The molecule has 0 heterocycles. The molecule has 0 saturated heterocycles. The molecule has 184 valence electrons. The van der Waals surface area contributed by atoms with Crippen LogP contribution in [0.5, 0.6) is 5.75 Å². The van der Waals surface area contributed by atoms with E-state index < -0.39 is 23.6 Å². The molecule has 2 N–H and O–H groups in total. The summed E-state index contributed by atoms with van der Waals surface area (Å²) in [6.07, 6.45) is -0.695. The number of nitrogens with one attached hydrogen (secondary N) is 2. The molecule has 2 aromatic carbocycles. The number of amides is 3. The van der Waals surface area contributed by atoms with Gasteiger partial charge in [-0.05, 0) is 76.9 Å². The number of benzene rings is 2. The number of alkyl carbamates (subject to hydrolysis) is 1. The molecule has 0 bridgehead atoms. The summed E-state index contributed by atoms with van der Waals surface area (Å²) in [5.41, 5.74) is 1.46. The Hall–Kier alpha value is -3.55. The minimum atomic E-state index is -0.906. The second kappa shape index (κ2) is 11.5. The van der Waals surface area contributed by atoms with Crippen LogP contribution in [0.3, 0.4) is 0 Å². The summed E-state index contributed by atoms with van der Waals surface area (Å²) in [6, 6.07) is 13.2. The Bertz CT molecular complexity index is 996. The van der Waals surface area contributed by atoms with Gasteiger partial charge >= 0.3 is 6.09 Å². The standard InChI is InChI=1S/C26H35N3O5/c1-17(2)29(22(30)16-27-25(32)34-26(4,5)6)23(21-11-9-8-10-18(21)3)24(31)28-19-12-14-20(33-7)15-13-19/h8-15,17,23H,16H2,1-7H3,(H,27,32)(H,28,31). The van der Waals surface area contributed by atoms with Crippen molar-refractivity contribution in [2.45, 2.75) is 59.2 Å². The molecule has 8 nitrogen and oxygen atoms in total. The van der Waals surface area contributed by atoms with Gasteiger partial charge < -0.3 is 25.0 Å². The second-order valence-corrected chi connectivity index (χ2v) is 9.23. The molecule has 0 aliphatic rings. The highest BCUT2D eigenvalue weighted by atomic mass is 16.6. The SMILES string of the molecule is COc1ccc(NC(=O)C(c2ccccc2C)N(C(=O)CNC(=O)OC(C)(C)C)C(C)C)cc1. The average molecular weight is 470 g/mol. The largest absolute Gasteiger partial charge is 0.497 e. The average Bonchev–Trinajstić information content (AvgIpc) is 2.75. The van der Waals surface area contributed by atoms with Crippen LogP contribution in [-0.2, 0) is 14.3 Å². The van der Waals surface area contributed by atoms with Gasteiger partial charge in [0.05, 0.1) is 7.11 Å². The van der Waals surface area contributed by atoms with E-state index in [2.05, 4.69) is 10.6 Å². The highest BCUT2D eigenvalue weighted by Crippen LogP contribution is 2.28. The van der Waals surface area contributed by atoms with Crippen LogP contribution in [0.1, 0.15) is 51.8 Å². The fraction of sp³-hybridized carbons (Fsp3) is 0.423. The van der Waals surface area contributed by atoms with Crippen LogP contribution in [0.15, 0.2) is 48.5 Å². The van der Waals surface area contributed by atoms with E-state index in [1.54, 1.807) is 52.1 Å². The lowest BCUT2D eigenvalue weighted by molar-refractivity contribution is -0.140. The van der Waals surface area contributed by atoms with Gasteiger partial charge in [0.2, 0.25) is 5.91 Å². The number of carbonyl (C=O) groups excluding carboxylic acids is 3. The first-order valence-electron chi connectivity index (χ1n) is 11.2. The van der Waals surface area contributed by atoms with E-state index >= 15 is 0 Å². The number of hydrogen-bond acceptors (Lipinski definition) is 5. The third-order valence-electron chi connectivity index (χ3n) is 4.99. The zero-order valence-electron chi connectivity index (χ0n) is 21.0. The van der Waals surface area contributed by atoms with E-state index in [4.69, 9.17) is 9.47 Å². The number of nitrogens with zero attached hydrogens (tertiary/aromatic N) is 1. The summed E-state index contributed by atoms with van der Waals surface area (Å²) in [6.45, 7) is 10.5. The van der Waals surface area contributed by atoms with Gasteiger partial charge in [0.15, 0.2) is 0 Å². The monoisotopic (exact) mass is 469 g/mol. The van der Waals surface area contributed by atoms with Crippen LogP contribution in [0.25, 0.3) is 0 Å². The Morgan fingerprint density at radius 1 is 1.00 bits per heavy atom. The maximum absolute atomic E-state index is 13.5. The molecule has 0 saturated carbocycles. The molecular weight excluding hydrogens is 434 g/mol. The predicted molar refractivity (Wildman–Crippen MR) is 132 cm³/mol. The van der Waals surface area contributed by atoms with E-state index in [-0.39, 0.29) is 18.5 Å². The van der Waals surface area contributed by atoms with Crippen molar-refractivity contribution >= 4 is 23.6 Å². The molecule has 0 aliphatic heterocycles. The number of hydrogen-bond donors (Lipinski definition) is 2. The highest BCUT2D eigenvalue weighted by Gasteiger charge is 2.34. The molecule has 0 aromatic heterocycles. The van der Waals surface area contributed by atoms with Crippen LogP contribution in [0.4, 0.5) is 10.5 Å². The molecule has 0 radical (unpaired) electrons. The summed E-state index contributed by atoms with van der Waals surface area (Å²) >= 11 is 0. The molecule has 8 heteroatoms. The Kier molecular flexibility index (Phi) is 9.06. The third-order valence-corrected chi connectivity index (χ3v) is 4.99. The van der Waals surface area contributed by atoms with Crippen molar-refractivity contribution < 1.29 is 23.9 Å². The van der Waals surface area contributed by atoms with Crippen molar-refractivity contribution in [3.63, 3.8) is 0 Å². The van der Waals surface area contributed by atoms with Gasteiger partial charge in [-0.3, -0.25) is 9.59 Å². The molecular formula is C26H35N3O5. The summed E-state index contributed by atoms with van der Waals surface area (Å²) in [5, 5.41) is 5.40. The first-order valence-corrected chi connectivity index (χ1v) is 11.2. The van der Waals surface area contributed by atoms with Crippen LogP contribution < -0.4 is 15.4 Å². The topological polar surface area (TPSA) is 97.0 Å². The first-order chi connectivity index (χ1) is 15.9. The van der Waals surface area contributed by atoms with Crippen molar-refractivity contribution in [3.05, 3.63) is 59.7 Å². The highest BCUT2D eigenvalue weighted by molar-refractivity contribution is 5.98. The van der Waals surface area contributed by atoms with Gasteiger partial charge in [0.25, 0.3) is 5.91 Å². The summed E-state index contributed by atoms with van der Waals surface area (Å²) in [4.78, 5) is 40.4. The molecule has 2 rings (SSSR count). The molecule has 2 aromatic rings. The lowest BCUT2D eigenvalue weighted by atomic mass is 9.97. The Morgan fingerprint density at radius 2 is 1.62 bits per heavy atom. The maximum atomic E-state index is 13.5. The first kappa shape index (κ1) is 26.7. The fourth-order valence-electron chi connectivity index (χ4n) is 3.48. The normalized spacial score (nSPS) is 12.0. The van der Waals surface area contributed by atoms with Crippen molar-refractivity contribution in [2.24, 2.45) is 0 Å². The summed E-state index contributed by atoms with van der Waals surface area (Å²) < 4.78 is 10.4. The lowest BCUT2D eigenvalue weighted by Gasteiger charge is -2.35. The van der Waals surface area contributed by atoms with Gasteiger partial charge in [0.1, 0.15) is 23.9 Å². The minimum Gasteiger partial charge on any atom is -0.497 e. The Balaban J connectivity index is 2.34. The van der Waals surface area contributed by atoms with Crippen molar-refractivity contribution in [1.82, 2.24) is 10.2 Å². The molecule has 0 fully saturated rings. The summed E-state index contributed by atoms with van der Waals surface area (Å²) in [7, 11) is 1.57. The summed E-state index contributed by atoms with van der Waals surface area (Å²) in [5.74, 6) is -0.0987. The van der Waals surface area contributed by atoms with Crippen LogP contribution in [-0.4, -0.2) is 48.1 Å². The van der Waals surface area contributed by atoms with E-state index in [0.29, 0.717) is 17.0 Å². The van der Waals surface area contributed by atoms with E-state index in [9.17, 15) is 14.4 Å². The molecule has 1 unspecified atom stereocenters. The number of methoxy groups -OCH3 is 1. The second-order valence-electron chi connectivity index (χ2n) is 9.23. The van der Waals surface area contributed by atoms with Gasteiger partial charge in [-0.1, -0.05) is 24.3 Å². The smallest absolute Gasteiger partial charge is 0.408 e. The van der Waals surface area contributed by atoms with E-state index in [0.717, 1.165) is 5.56 Å². The lowest BCUT2D eigenvalue weighted by Crippen LogP contribution is -2.49. The van der Waals surface area contributed by atoms with Gasteiger partial charge in [0, 0.05) is 11.7 Å². The molecule has 1 atom stereocenters. The van der Waals surface area contributed by atoms with Gasteiger partial charge in [-0.15, -0.1) is 0 Å². The molecule has 34 heavy (non-hydrogen) atoms. The minimum absolute atomic E-state index is 0.300. The van der Waals surface area contributed by atoms with E-state index in [1.807, 2.05) is 45.0 Å². The van der Waals surface area contributed by atoms with Crippen molar-refractivity contribution in [3.8, 4) is 5.75 Å². The number of aryl methyl sites for hydroxylation is 1. The van der Waals surface area contributed by atoms with E-state index in [1.165, 1.54) is 4.90 Å². The van der Waals surface area contributed by atoms with Crippen LogP contribution >= 0.6 is 0 Å². The number of ether oxygens (including phenoxy) is 2.